The van der Waals surface area contributed by atoms with E-state index in [1.807, 2.05) is 27.7 Å². The summed E-state index contributed by atoms with van der Waals surface area (Å²) >= 11 is 0. The van der Waals surface area contributed by atoms with Crippen LogP contribution >= 0.6 is 0 Å². The van der Waals surface area contributed by atoms with Gasteiger partial charge in [-0.05, 0) is 40.0 Å². The smallest absolute Gasteiger partial charge is 0.303 e. The van der Waals surface area contributed by atoms with Crippen LogP contribution in [0.3, 0.4) is 0 Å². The van der Waals surface area contributed by atoms with Crippen molar-refractivity contribution in [3.8, 4) is 0 Å². The van der Waals surface area contributed by atoms with Crippen molar-refractivity contribution in [1.82, 2.24) is 4.90 Å². The maximum atomic E-state index is 12.4. The molecule has 0 aromatic carbocycles. The van der Waals surface area contributed by atoms with E-state index in [-0.39, 0.29) is 18.2 Å². The van der Waals surface area contributed by atoms with Crippen LogP contribution in [-0.2, 0) is 9.59 Å². The predicted octanol–water partition coefficient (Wildman–Crippen LogP) is 1.07. The van der Waals surface area contributed by atoms with Gasteiger partial charge in [0.1, 0.15) is 0 Å². The minimum Gasteiger partial charge on any atom is -0.481 e. The van der Waals surface area contributed by atoms with Crippen molar-refractivity contribution >= 4 is 11.9 Å². The Balaban J connectivity index is 2.68. The molecule has 1 unspecified atom stereocenters. The van der Waals surface area contributed by atoms with Crippen LogP contribution in [0.15, 0.2) is 0 Å². The number of hydrogen-bond acceptors (Lipinski definition) is 3. The second-order valence-corrected chi connectivity index (χ2v) is 6.35. The first-order valence-corrected chi connectivity index (χ1v) is 6.35. The van der Waals surface area contributed by atoms with Crippen LogP contribution in [0.1, 0.15) is 40.5 Å². The summed E-state index contributed by atoms with van der Waals surface area (Å²) in [5.74, 6) is -0.710. The Morgan fingerprint density at radius 3 is 2.33 bits per heavy atom. The van der Waals surface area contributed by atoms with Crippen molar-refractivity contribution in [3.05, 3.63) is 0 Å². The van der Waals surface area contributed by atoms with Crippen LogP contribution in [0.4, 0.5) is 0 Å². The minimum atomic E-state index is -0.798. The van der Waals surface area contributed by atoms with E-state index in [0.717, 1.165) is 6.42 Å². The van der Waals surface area contributed by atoms with E-state index in [2.05, 4.69) is 0 Å². The summed E-state index contributed by atoms with van der Waals surface area (Å²) in [7, 11) is 0. The lowest BCUT2D eigenvalue weighted by molar-refractivity contribution is -0.143. The molecule has 1 rings (SSSR count). The summed E-state index contributed by atoms with van der Waals surface area (Å²) in [6.07, 6.45) is 0.898. The van der Waals surface area contributed by atoms with E-state index in [0.29, 0.717) is 13.1 Å². The summed E-state index contributed by atoms with van der Waals surface area (Å²) < 4.78 is 0. The first-order chi connectivity index (χ1) is 8.05. The Kier molecular flexibility index (Phi) is 4.05. The monoisotopic (exact) mass is 256 g/mol. The van der Waals surface area contributed by atoms with Crippen molar-refractivity contribution in [1.29, 1.82) is 0 Å². The van der Waals surface area contributed by atoms with E-state index in [4.69, 9.17) is 10.8 Å². The number of rotatable bonds is 4. The fraction of sp³-hybridized carbons (Fsp3) is 0.846. The highest BCUT2D eigenvalue weighted by Crippen LogP contribution is 2.33. The second kappa shape index (κ2) is 4.88. The summed E-state index contributed by atoms with van der Waals surface area (Å²) in [4.78, 5) is 24.9. The number of nitrogens with two attached hydrogens (primary N) is 1. The highest BCUT2D eigenvalue weighted by atomic mass is 16.4. The molecular formula is C13H24N2O3. The molecule has 1 amide bonds. The average molecular weight is 256 g/mol. The largest absolute Gasteiger partial charge is 0.481 e. The fourth-order valence-corrected chi connectivity index (χ4v) is 2.10. The third kappa shape index (κ3) is 3.02. The zero-order chi connectivity index (χ0) is 14.1. The number of nitrogens with zero attached hydrogens (tertiary/aromatic N) is 1. The highest BCUT2D eigenvalue weighted by Gasteiger charge is 2.44. The second-order valence-electron chi connectivity index (χ2n) is 6.35. The lowest BCUT2D eigenvalue weighted by Gasteiger charge is -2.39. The lowest BCUT2D eigenvalue weighted by atomic mass is 9.74. The lowest BCUT2D eigenvalue weighted by Crippen LogP contribution is -2.56. The Hall–Kier alpha value is -1.10. The molecule has 18 heavy (non-hydrogen) atoms. The summed E-state index contributed by atoms with van der Waals surface area (Å²) in [6, 6.07) is 0. The predicted molar refractivity (Wildman–Crippen MR) is 69.0 cm³/mol. The van der Waals surface area contributed by atoms with Crippen LogP contribution in [0.2, 0.25) is 0 Å². The zero-order valence-electron chi connectivity index (χ0n) is 11.7. The van der Waals surface area contributed by atoms with Crippen molar-refractivity contribution in [2.24, 2.45) is 17.1 Å². The van der Waals surface area contributed by atoms with E-state index in [1.54, 1.807) is 4.90 Å². The molecule has 0 aromatic rings. The van der Waals surface area contributed by atoms with Gasteiger partial charge in [0.25, 0.3) is 0 Å². The molecule has 1 aliphatic heterocycles. The standard InChI is InChI=1S/C13H24N2O3/c1-12(2,13(3,4)14)11(18)15-6-5-9(8-15)7-10(16)17/h9H,5-8,14H2,1-4H3,(H,16,17). The van der Waals surface area contributed by atoms with Gasteiger partial charge in [-0.25, -0.2) is 0 Å². The SMILES string of the molecule is CC(C)(N)C(C)(C)C(=O)N1CCC(CC(=O)O)C1. The van der Waals surface area contributed by atoms with Gasteiger partial charge in [0.15, 0.2) is 0 Å². The molecule has 1 saturated heterocycles. The van der Waals surface area contributed by atoms with Gasteiger partial charge in [0.2, 0.25) is 5.91 Å². The van der Waals surface area contributed by atoms with E-state index in [9.17, 15) is 9.59 Å². The summed E-state index contributed by atoms with van der Waals surface area (Å²) in [6.45, 7) is 8.55. The normalized spacial score (nSPS) is 21.2. The van der Waals surface area contributed by atoms with E-state index < -0.39 is 16.9 Å². The fourth-order valence-electron chi connectivity index (χ4n) is 2.10. The van der Waals surface area contributed by atoms with Gasteiger partial charge >= 0.3 is 5.97 Å². The molecule has 5 nitrogen and oxygen atoms in total. The van der Waals surface area contributed by atoms with Gasteiger partial charge in [-0.1, -0.05) is 0 Å². The molecule has 1 aliphatic rings. The van der Waals surface area contributed by atoms with Gasteiger partial charge in [-0.3, -0.25) is 9.59 Å². The number of aliphatic carboxylic acids is 1. The van der Waals surface area contributed by atoms with Gasteiger partial charge in [-0.15, -0.1) is 0 Å². The van der Waals surface area contributed by atoms with Gasteiger partial charge in [-0.2, -0.15) is 0 Å². The third-order valence-electron chi connectivity index (χ3n) is 4.18. The first kappa shape index (κ1) is 15.0. The molecule has 0 saturated carbocycles. The molecule has 0 radical (unpaired) electrons. The highest BCUT2D eigenvalue weighted by molar-refractivity contribution is 5.83. The van der Waals surface area contributed by atoms with Crippen LogP contribution in [0, 0.1) is 11.3 Å². The summed E-state index contributed by atoms with van der Waals surface area (Å²) in [5.41, 5.74) is 4.81. The van der Waals surface area contributed by atoms with Crippen molar-refractivity contribution in [3.63, 3.8) is 0 Å². The zero-order valence-corrected chi connectivity index (χ0v) is 11.7. The van der Waals surface area contributed by atoms with Crippen molar-refractivity contribution < 1.29 is 14.7 Å². The van der Waals surface area contributed by atoms with Gasteiger partial charge < -0.3 is 15.7 Å². The molecule has 0 spiro atoms. The Morgan fingerprint density at radius 1 is 1.33 bits per heavy atom. The molecular weight excluding hydrogens is 232 g/mol. The number of carboxylic acids is 1. The van der Waals surface area contributed by atoms with Crippen LogP contribution in [-0.4, -0.2) is 40.5 Å². The Bertz CT molecular complexity index is 345. The van der Waals surface area contributed by atoms with Crippen molar-refractivity contribution in [2.75, 3.05) is 13.1 Å². The minimum absolute atomic E-state index is 0.0166. The Morgan fingerprint density at radius 2 is 1.89 bits per heavy atom. The molecule has 0 aliphatic carbocycles. The van der Waals surface area contributed by atoms with Gasteiger partial charge in [0.05, 0.1) is 5.41 Å². The number of carboxylic acid groups (broad SMARTS) is 1. The molecule has 5 heteroatoms. The first-order valence-electron chi connectivity index (χ1n) is 6.35. The van der Waals surface area contributed by atoms with Crippen LogP contribution < -0.4 is 5.73 Å². The maximum absolute atomic E-state index is 12.4. The Labute approximate surface area is 108 Å². The quantitative estimate of drug-likeness (QED) is 0.788. The van der Waals surface area contributed by atoms with E-state index >= 15 is 0 Å². The molecule has 3 N–H and O–H groups in total. The van der Waals surface area contributed by atoms with E-state index in [1.165, 1.54) is 0 Å². The van der Waals surface area contributed by atoms with Crippen LogP contribution in [0.5, 0.6) is 0 Å². The maximum Gasteiger partial charge on any atom is 0.303 e. The summed E-state index contributed by atoms with van der Waals surface area (Å²) in [5, 5.41) is 8.76. The molecule has 0 aromatic heterocycles. The third-order valence-corrected chi connectivity index (χ3v) is 4.18. The van der Waals surface area contributed by atoms with Gasteiger partial charge in [0, 0.05) is 25.0 Å². The average Bonchev–Trinajstić information content (AvgIpc) is 2.62. The molecule has 0 bridgehead atoms. The van der Waals surface area contributed by atoms with Crippen LogP contribution in [0.25, 0.3) is 0 Å². The number of carbonyl (C=O) groups is 2. The molecule has 1 heterocycles. The molecule has 1 atom stereocenters. The topological polar surface area (TPSA) is 83.6 Å². The van der Waals surface area contributed by atoms with Crippen molar-refractivity contribution in [2.45, 2.75) is 46.1 Å². The number of carbonyl (C=O) groups excluding carboxylic acids is 1. The molecule has 104 valence electrons. The molecule has 1 fully saturated rings. The number of likely N-dealkylation sites (tertiary alicyclic amines) is 1. The number of amides is 1. The number of hydrogen-bond donors (Lipinski definition) is 2.